The average Bonchev–Trinajstić information content (AvgIpc) is 2.37. The monoisotopic (exact) mass is 264 g/mol. The lowest BCUT2D eigenvalue weighted by atomic mass is 10.0. The van der Waals surface area contributed by atoms with Crippen LogP contribution >= 0.6 is 0 Å². The van der Waals surface area contributed by atoms with Gasteiger partial charge >= 0.3 is 0 Å². The van der Waals surface area contributed by atoms with E-state index < -0.39 is 0 Å². The van der Waals surface area contributed by atoms with Crippen molar-refractivity contribution in [2.45, 2.75) is 33.2 Å². The Hall–Kier alpha value is -1.55. The van der Waals surface area contributed by atoms with E-state index in [1.54, 1.807) is 31.0 Å². The summed E-state index contributed by atoms with van der Waals surface area (Å²) >= 11 is 0. The number of aryl methyl sites for hydroxylation is 1. The highest BCUT2D eigenvalue weighted by Gasteiger charge is 2.15. The first-order chi connectivity index (χ1) is 8.82. The normalized spacial score (nSPS) is 12.5. The topological polar surface area (TPSA) is 66.6 Å². The van der Waals surface area contributed by atoms with Crippen molar-refractivity contribution in [2.75, 3.05) is 13.6 Å². The fourth-order valence-corrected chi connectivity index (χ4v) is 1.74. The van der Waals surface area contributed by atoms with Crippen LogP contribution in [0.15, 0.2) is 18.2 Å². The van der Waals surface area contributed by atoms with Crippen LogP contribution < -0.4 is 5.73 Å². The molecule has 3 N–H and O–H groups in total. The molecule has 0 aliphatic rings. The summed E-state index contributed by atoms with van der Waals surface area (Å²) in [5, 5.41) is 9.63. The van der Waals surface area contributed by atoms with Gasteiger partial charge in [-0.15, -0.1) is 0 Å². The van der Waals surface area contributed by atoms with Gasteiger partial charge in [0.2, 0.25) is 0 Å². The molecule has 0 bridgehead atoms. The first kappa shape index (κ1) is 15.5. The van der Waals surface area contributed by atoms with Gasteiger partial charge in [0.05, 0.1) is 0 Å². The molecule has 106 valence electrons. The van der Waals surface area contributed by atoms with Crippen molar-refractivity contribution in [3.8, 4) is 5.75 Å². The molecule has 19 heavy (non-hydrogen) atoms. The molecular formula is C15H24N2O2. The summed E-state index contributed by atoms with van der Waals surface area (Å²) in [7, 11) is 1.76. The highest BCUT2D eigenvalue weighted by molar-refractivity contribution is 5.94. The third-order valence-electron chi connectivity index (χ3n) is 3.46. The molecule has 4 nitrogen and oxygen atoms in total. The maximum atomic E-state index is 12.2. The zero-order valence-corrected chi connectivity index (χ0v) is 12.2. The molecular weight excluding hydrogens is 240 g/mol. The molecule has 1 atom stereocenters. The van der Waals surface area contributed by atoms with E-state index in [-0.39, 0.29) is 17.7 Å². The summed E-state index contributed by atoms with van der Waals surface area (Å²) in [6.07, 6.45) is 0.776. The number of phenolic OH excluding ortho intramolecular Hbond substituents is 1. The highest BCUT2D eigenvalue weighted by atomic mass is 16.3. The van der Waals surface area contributed by atoms with Crippen molar-refractivity contribution < 1.29 is 9.90 Å². The second-order valence-corrected chi connectivity index (χ2v) is 5.42. The molecule has 0 radical (unpaired) electrons. The van der Waals surface area contributed by atoms with Crippen LogP contribution in [-0.4, -0.2) is 35.5 Å². The van der Waals surface area contributed by atoms with E-state index in [2.05, 4.69) is 13.8 Å². The van der Waals surface area contributed by atoms with Gasteiger partial charge in [-0.2, -0.15) is 0 Å². The van der Waals surface area contributed by atoms with E-state index in [1.165, 1.54) is 6.07 Å². The number of carbonyl (C=O) groups is 1. The van der Waals surface area contributed by atoms with Crippen molar-refractivity contribution in [1.82, 2.24) is 4.90 Å². The number of aromatic hydroxyl groups is 1. The van der Waals surface area contributed by atoms with E-state index in [4.69, 9.17) is 5.73 Å². The second-order valence-electron chi connectivity index (χ2n) is 5.42. The van der Waals surface area contributed by atoms with Crippen LogP contribution in [0.5, 0.6) is 5.75 Å². The van der Waals surface area contributed by atoms with Crippen LogP contribution in [0.4, 0.5) is 0 Å². The first-order valence-electron chi connectivity index (χ1n) is 6.63. The molecule has 0 saturated carbocycles. The lowest BCUT2D eigenvalue weighted by Gasteiger charge is -2.21. The Morgan fingerprint density at radius 3 is 2.58 bits per heavy atom. The lowest BCUT2D eigenvalue weighted by Crippen LogP contribution is -2.34. The van der Waals surface area contributed by atoms with Crippen LogP contribution in [0.25, 0.3) is 0 Å². The Morgan fingerprint density at radius 1 is 1.42 bits per heavy atom. The molecule has 4 heteroatoms. The van der Waals surface area contributed by atoms with Crippen LogP contribution in [-0.2, 0) is 0 Å². The van der Waals surface area contributed by atoms with Gasteiger partial charge in [-0.1, -0.05) is 19.9 Å². The van der Waals surface area contributed by atoms with Gasteiger partial charge in [-0.05, 0) is 37.0 Å². The van der Waals surface area contributed by atoms with Crippen molar-refractivity contribution in [1.29, 1.82) is 0 Å². The standard InChI is InChI=1S/C15H24N2O2/c1-10(2)13(16)7-8-17(4)15(19)12-6-5-11(3)14(18)9-12/h5-6,9-10,13,18H,7-8,16H2,1-4H3. The molecule has 0 fully saturated rings. The van der Waals surface area contributed by atoms with E-state index in [1.807, 2.05) is 0 Å². The summed E-state index contributed by atoms with van der Waals surface area (Å²) in [6.45, 7) is 6.57. The van der Waals surface area contributed by atoms with Crippen molar-refractivity contribution in [3.05, 3.63) is 29.3 Å². The predicted octanol–water partition coefficient (Wildman–Crippen LogP) is 2.15. The molecule has 1 unspecified atom stereocenters. The summed E-state index contributed by atoms with van der Waals surface area (Å²) in [5.74, 6) is 0.469. The van der Waals surface area contributed by atoms with Gasteiger partial charge in [0, 0.05) is 25.2 Å². The lowest BCUT2D eigenvalue weighted by molar-refractivity contribution is 0.0788. The molecule has 1 amide bonds. The minimum absolute atomic E-state index is 0.0914. The summed E-state index contributed by atoms with van der Waals surface area (Å²) in [4.78, 5) is 13.8. The number of hydrogen-bond acceptors (Lipinski definition) is 3. The van der Waals surface area contributed by atoms with Crippen LogP contribution in [0.1, 0.15) is 36.2 Å². The number of amides is 1. The van der Waals surface area contributed by atoms with E-state index in [0.717, 1.165) is 12.0 Å². The third kappa shape index (κ3) is 4.24. The quantitative estimate of drug-likeness (QED) is 0.856. The Morgan fingerprint density at radius 2 is 2.05 bits per heavy atom. The Bertz CT molecular complexity index is 444. The van der Waals surface area contributed by atoms with Gasteiger partial charge in [0.1, 0.15) is 5.75 Å². The minimum atomic E-state index is -0.0914. The molecule has 1 aromatic rings. The molecule has 0 aliphatic carbocycles. The zero-order valence-electron chi connectivity index (χ0n) is 12.2. The number of benzene rings is 1. The molecule has 0 aliphatic heterocycles. The Labute approximate surface area is 115 Å². The van der Waals surface area contributed by atoms with Gasteiger partial charge in [-0.3, -0.25) is 4.79 Å². The maximum Gasteiger partial charge on any atom is 0.253 e. The van der Waals surface area contributed by atoms with Gasteiger partial charge in [-0.25, -0.2) is 0 Å². The SMILES string of the molecule is Cc1ccc(C(=O)N(C)CCC(N)C(C)C)cc1O. The average molecular weight is 264 g/mol. The first-order valence-corrected chi connectivity index (χ1v) is 6.63. The maximum absolute atomic E-state index is 12.2. The van der Waals surface area contributed by atoms with Crippen molar-refractivity contribution in [3.63, 3.8) is 0 Å². The van der Waals surface area contributed by atoms with E-state index in [0.29, 0.717) is 18.0 Å². The zero-order chi connectivity index (χ0) is 14.6. The van der Waals surface area contributed by atoms with E-state index in [9.17, 15) is 9.90 Å². The van der Waals surface area contributed by atoms with Crippen molar-refractivity contribution in [2.24, 2.45) is 11.7 Å². The number of carbonyl (C=O) groups excluding carboxylic acids is 1. The van der Waals surface area contributed by atoms with Crippen LogP contribution in [0.3, 0.4) is 0 Å². The molecule has 0 heterocycles. The molecule has 0 aromatic heterocycles. The predicted molar refractivity (Wildman–Crippen MR) is 77.2 cm³/mol. The summed E-state index contributed by atoms with van der Waals surface area (Å²) in [6, 6.07) is 5.09. The van der Waals surface area contributed by atoms with E-state index >= 15 is 0 Å². The summed E-state index contributed by atoms with van der Waals surface area (Å²) < 4.78 is 0. The number of nitrogens with zero attached hydrogens (tertiary/aromatic N) is 1. The number of hydrogen-bond donors (Lipinski definition) is 2. The largest absolute Gasteiger partial charge is 0.508 e. The van der Waals surface area contributed by atoms with Crippen LogP contribution in [0, 0.1) is 12.8 Å². The minimum Gasteiger partial charge on any atom is -0.508 e. The molecule has 1 rings (SSSR count). The number of nitrogens with two attached hydrogens (primary N) is 1. The Kier molecular flexibility index (Phi) is 5.36. The second kappa shape index (κ2) is 6.57. The van der Waals surface area contributed by atoms with Gasteiger partial charge in [0.15, 0.2) is 0 Å². The summed E-state index contributed by atoms with van der Waals surface area (Å²) in [5.41, 5.74) is 7.24. The molecule has 0 saturated heterocycles. The fourth-order valence-electron chi connectivity index (χ4n) is 1.74. The number of phenols is 1. The highest BCUT2D eigenvalue weighted by Crippen LogP contribution is 2.18. The third-order valence-corrected chi connectivity index (χ3v) is 3.46. The molecule has 0 spiro atoms. The van der Waals surface area contributed by atoms with Gasteiger partial charge in [0.25, 0.3) is 5.91 Å². The fraction of sp³-hybridized carbons (Fsp3) is 0.533. The Balaban J connectivity index is 2.64. The van der Waals surface area contributed by atoms with Crippen LogP contribution in [0.2, 0.25) is 0 Å². The smallest absolute Gasteiger partial charge is 0.253 e. The van der Waals surface area contributed by atoms with Crippen molar-refractivity contribution >= 4 is 5.91 Å². The van der Waals surface area contributed by atoms with Gasteiger partial charge < -0.3 is 15.7 Å². The number of rotatable bonds is 5. The molecule has 1 aromatic carbocycles.